The highest BCUT2D eigenvalue weighted by Crippen LogP contribution is 2.42. The third-order valence-corrected chi connectivity index (χ3v) is 9.00. The minimum Gasteiger partial charge on any atom is -0.448 e. The van der Waals surface area contributed by atoms with E-state index in [1.165, 1.54) is 0 Å². The van der Waals surface area contributed by atoms with Crippen LogP contribution in [-0.2, 0) is 15.1 Å². The van der Waals surface area contributed by atoms with E-state index in [4.69, 9.17) is 10.5 Å². The maximum absolute atomic E-state index is 13.5. The molecule has 2 aromatic heterocycles. The lowest BCUT2D eigenvalue weighted by atomic mass is 9.71. The molecule has 3 N–H and O–H groups in total. The van der Waals surface area contributed by atoms with Crippen molar-refractivity contribution in [2.24, 2.45) is 11.7 Å². The average Bonchev–Trinajstić information content (AvgIpc) is 3.61. The Morgan fingerprint density at radius 2 is 1.90 bits per heavy atom. The third kappa shape index (κ3) is 5.40. The molecule has 2 aliphatic carbocycles. The molecule has 0 bridgehead atoms. The van der Waals surface area contributed by atoms with E-state index < -0.39 is 11.7 Å². The summed E-state index contributed by atoms with van der Waals surface area (Å²) in [6, 6.07) is 11.9. The number of carbonyl (C=O) groups excluding carboxylic acids is 2. The van der Waals surface area contributed by atoms with Gasteiger partial charge in [-0.15, -0.1) is 10.2 Å². The number of rotatable bonds is 7. The van der Waals surface area contributed by atoms with E-state index in [1.807, 2.05) is 52.1 Å². The van der Waals surface area contributed by atoms with Gasteiger partial charge in [-0.25, -0.2) is 9.18 Å². The van der Waals surface area contributed by atoms with Gasteiger partial charge in [-0.1, -0.05) is 24.3 Å². The van der Waals surface area contributed by atoms with Gasteiger partial charge >= 0.3 is 6.09 Å². The molecule has 2 amide bonds. The van der Waals surface area contributed by atoms with Crippen LogP contribution < -0.4 is 11.1 Å². The Hall–Kier alpha value is -3.37. The molecule has 39 heavy (non-hydrogen) atoms. The van der Waals surface area contributed by atoms with Gasteiger partial charge in [0.15, 0.2) is 5.82 Å². The Labute approximate surface area is 230 Å². The molecule has 1 aliphatic heterocycles. The zero-order valence-corrected chi connectivity index (χ0v) is 22.5. The van der Waals surface area contributed by atoms with Crippen LogP contribution in [0.15, 0.2) is 47.2 Å². The number of hydrogen-bond acceptors (Lipinski definition) is 7. The number of cyclic esters (lactones) is 1. The number of carbonyl (C=O) groups is 2. The van der Waals surface area contributed by atoms with Crippen molar-refractivity contribution in [2.45, 2.75) is 62.7 Å². The summed E-state index contributed by atoms with van der Waals surface area (Å²) in [5.41, 5.74) is 10.1. The van der Waals surface area contributed by atoms with Crippen LogP contribution in [0.4, 0.5) is 15.0 Å². The maximum atomic E-state index is 13.5. The fourth-order valence-electron chi connectivity index (χ4n) is 6.08. The predicted octanol–water partition coefficient (Wildman–Crippen LogP) is 5.50. The number of halogens is 1. The Balaban J connectivity index is 1.13. The van der Waals surface area contributed by atoms with Gasteiger partial charge in [-0.2, -0.15) is 11.3 Å². The van der Waals surface area contributed by atoms with Gasteiger partial charge in [0, 0.05) is 42.0 Å². The van der Waals surface area contributed by atoms with Crippen LogP contribution in [0.1, 0.15) is 50.5 Å². The van der Waals surface area contributed by atoms with Crippen molar-refractivity contribution in [1.29, 1.82) is 0 Å². The molecule has 3 aliphatic rings. The smallest absolute Gasteiger partial charge is 0.410 e. The lowest BCUT2D eigenvalue weighted by Crippen LogP contribution is -2.50. The molecule has 8 nitrogen and oxygen atoms in total. The van der Waals surface area contributed by atoms with Crippen molar-refractivity contribution in [2.75, 3.05) is 18.5 Å². The van der Waals surface area contributed by atoms with Crippen LogP contribution in [-0.4, -0.2) is 52.5 Å². The Morgan fingerprint density at radius 3 is 2.54 bits per heavy atom. The fourth-order valence-corrected chi connectivity index (χ4v) is 6.74. The van der Waals surface area contributed by atoms with Crippen molar-refractivity contribution in [3.05, 3.63) is 52.7 Å². The van der Waals surface area contributed by atoms with Crippen LogP contribution in [0, 0.1) is 5.92 Å². The van der Waals surface area contributed by atoms with E-state index >= 15 is 0 Å². The molecule has 0 atom stereocenters. The number of benzene rings is 1. The zero-order valence-electron chi connectivity index (χ0n) is 21.6. The summed E-state index contributed by atoms with van der Waals surface area (Å²) in [4.78, 5) is 26.6. The number of nitrogens with two attached hydrogens (primary N) is 1. The normalized spacial score (nSPS) is 26.7. The van der Waals surface area contributed by atoms with Crippen molar-refractivity contribution in [3.8, 4) is 22.4 Å². The number of nitrogens with zero attached hydrogens (tertiary/aromatic N) is 3. The second-order valence-corrected chi connectivity index (χ2v) is 11.8. The van der Waals surface area contributed by atoms with E-state index in [2.05, 4.69) is 15.5 Å². The standard InChI is InChI=1S/C29H32FN5O3S/c30-22-15-29(31,16-22)21-5-3-19(4-6-21)27-24(20-9-12-39-17-20)14-25(33-34-27)32-26(36)13-18-1-7-23(8-2-18)35-10-11-38-28(35)37/h3-6,9,12,14,17-18,22-23H,1-2,7-8,10-11,13,15-16,31H2,(H,32,33,36)/t18-,22?,23-,29?. The molecule has 1 aromatic carbocycles. The minimum atomic E-state index is -0.834. The van der Waals surface area contributed by atoms with Crippen molar-refractivity contribution >= 4 is 29.2 Å². The van der Waals surface area contributed by atoms with Gasteiger partial charge in [0.25, 0.3) is 0 Å². The highest BCUT2D eigenvalue weighted by Gasteiger charge is 2.42. The van der Waals surface area contributed by atoms with E-state index in [0.717, 1.165) is 47.9 Å². The molecule has 6 rings (SSSR count). The highest BCUT2D eigenvalue weighted by atomic mass is 32.1. The number of thiophene rings is 1. The lowest BCUT2D eigenvalue weighted by molar-refractivity contribution is -0.117. The Morgan fingerprint density at radius 1 is 1.13 bits per heavy atom. The molecule has 3 fully saturated rings. The summed E-state index contributed by atoms with van der Waals surface area (Å²) in [5.74, 6) is 0.609. The lowest BCUT2D eigenvalue weighted by Gasteiger charge is -2.41. The first kappa shape index (κ1) is 25.9. The first-order valence-electron chi connectivity index (χ1n) is 13.6. The SMILES string of the molecule is NC1(c2ccc(-c3nnc(NC(=O)C[C@H]4CC[C@H](N5CCOC5=O)CC4)cc3-c3ccsc3)cc2)CC(F)C1. The molecule has 10 heteroatoms. The van der Waals surface area contributed by atoms with Gasteiger partial charge in [-0.3, -0.25) is 4.79 Å². The molecule has 1 saturated heterocycles. The largest absolute Gasteiger partial charge is 0.448 e. The van der Waals surface area contributed by atoms with Gasteiger partial charge in [0.05, 0.1) is 6.54 Å². The topological polar surface area (TPSA) is 110 Å². The quantitative estimate of drug-likeness (QED) is 0.403. The van der Waals surface area contributed by atoms with Gasteiger partial charge in [0.1, 0.15) is 18.5 Å². The molecule has 3 heterocycles. The summed E-state index contributed by atoms with van der Waals surface area (Å²) < 4.78 is 18.5. The van der Waals surface area contributed by atoms with Gasteiger partial charge in [0.2, 0.25) is 5.91 Å². The molecular formula is C29H32FN5O3S. The summed E-state index contributed by atoms with van der Waals surface area (Å²) in [6.45, 7) is 1.13. The second-order valence-electron chi connectivity index (χ2n) is 11.0. The van der Waals surface area contributed by atoms with Crippen LogP contribution in [0.25, 0.3) is 22.4 Å². The van der Waals surface area contributed by atoms with Gasteiger partial charge in [-0.05, 0) is 65.6 Å². The van der Waals surface area contributed by atoms with Crippen molar-refractivity contribution < 1.29 is 18.7 Å². The van der Waals surface area contributed by atoms with Crippen LogP contribution in [0.3, 0.4) is 0 Å². The van der Waals surface area contributed by atoms with Crippen LogP contribution in [0.2, 0.25) is 0 Å². The van der Waals surface area contributed by atoms with E-state index in [-0.39, 0.29) is 24.0 Å². The molecule has 0 radical (unpaired) electrons. The van der Waals surface area contributed by atoms with Crippen LogP contribution >= 0.6 is 11.3 Å². The number of aromatic nitrogens is 2. The molecule has 0 spiro atoms. The van der Waals surface area contributed by atoms with E-state index in [1.54, 1.807) is 11.3 Å². The highest BCUT2D eigenvalue weighted by molar-refractivity contribution is 7.08. The molecule has 3 aromatic rings. The monoisotopic (exact) mass is 549 g/mol. The molecule has 0 unspecified atom stereocenters. The summed E-state index contributed by atoms with van der Waals surface area (Å²) in [6.07, 6.45) is 3.63. The molecule has 2 saturated carbocycles. The Kier molecular flexibility index (Phi) is 7.07. The van der Waals surface area contributed by atoms with Crippen LogP contribution in [0.5, 0.6) is 0 Å². The number of hydrogen-bond donors (Lipinski definition) is 2. The number of alkyl halides is 1. The summed E-state index contributed by atoms with van der Waals surface area (Å²) in [5, 5.41) is 15.8. The Bertz CT molecular complexity index is 1340. The first-order valence-corrected chi connectivity index (χ1v) is 14.5. The van der Waals surface area contributed by atoms with Crippen molar-refractivity contribution in [3.63, 3.8) is 0 Å². The number of amides is 2. The first-order chi connectivity index (χ1) is 18.9. The maximum Gasteiger partial charge on any atom is 0.410 e. The molecule has 204 valence electrons. The number of nitrogens with one attached hydrogen (secondary N) is 1. The molecular weight excluding hydrogens is 517 g/mol. The average molecular weight is 550 g/mol. The zero-order chi connectivity index (χ0) is 27.0. The summed E-state index contributed by atoms with van der Waals surface area (Å²) in [7, 11) is 0. The fraction of sp³-hybridized carbons (Fsp3) is 0.448. The van der Waals surface area contributed by atoms with E-state index in [0.29, 0.717) is 43.9 Å². The summed E-state index contributed by atoms with van der Waals surface area (Å²) >= 11 is 1.59. The number of ether oxygens (including phenoxy) is 1. The van der Waals surface area contributed by atoms with E-state index in [9.17, 15) is 14.0 Å². The van der Waals surface area contributed by atoms with Crippen molar-refractivity contribution in [1.82, 2.24) is 15.1 Å². The predicted molar refractivity (Wildman–Crippen MR) is 148 cm³/mol. The van der Waals surface area contributed by atoms with Gasteiger partial charge < -0.3 is 20.7 Å². The number of anilines is 1. The second kappa shape index (κ2) is 10.7. The minimum absolute atomic E-state index is 0.0818. The third-order valence-electron chi connectivity index (χ3n) is 8.32.